The van der Waals surface area contributed by atoms with Crippen LogP contribution in [0, 0.1) is 19.8 Å². The summed E-state index contributed by atoms with van der Waals surface area (Å²) < 4.78 is 5.83. The monoisotopic (exact) mass is 274 g/mol. The maximum absolute atomic E-state index is 12.8. The zero-order valence-corrected chi connectivity index (χ0v) is 12.9. The van der Waals surface area contributed by atoms with E-state index < -0.39 is 0 Å². The van der Waals surface area contributed by atoms with Gasteiger partial charge in [-0.1, -0.05) is 43.0 Å². The Kier molecular flexibility index (Phi) is 5.36. The fourth-order valence-corrected chi connectivity index (χ4v) is 3.29. The highest BCUT2D eigenvalue weighted by Gasteiger charge is 2.31. The topological polar surface area (TPSA) is 26.3 Å². The highest BCUT2D eigenvalue weighted by atomic mass is 16.5. The van der Waals surface area contributed by atoms with E-state index in [1.54, 1.807) is 0 Å². The predicted molar refractivity (Wildman–Crippen MR) is 82.2 cm³/mol. The number of carbonyl (C=O) groups is 1. The third-order valence-corrected chi connectivity index (χ3v) is 4.33. The summed E-state index contributed by atoms with van der Waals surface area (Å²) in [4.78, 5) is 12.8. The Morgan fingerprint density at radius 3 is 2.55 bits per heavy atom. The summed E-state index contributed by atoms with van der Waals surface area (Å²) in [6.45, 7) is 6.66. The number of Topliss-reactive ketones (excluding diaryl/α,β-unsaturated/α-hetero) is 1. The molecule has 1 aliphatic rings. The normalized spacial score (nSPS) is 17.9. The first-order valence-corrected chi connectivity index (χ1v) is 7.86. The molecule has 2 nitrogen and oxygen atoms in total. The van der Waals surface area contributed by atoms with E-state index in [4.69, 9.17) is 4.74 Å². The molecular formula is C18H26O2. The summed E-state index contributed by atoms with van der Waals surface area (Å²) in [7, 11) is 0. The van der Waals surface area contributed by atoms with Crippen LogP contribution >= 0.6 is 0 Å². The minimum Gasteiger partial charge on any atom is -0.370 e. The van der Waals surface area contributed by atoms with E-state index in [1.165, 1.54) is 24.8 Å². The van der Waals surface area contributed by atoms with Crippen molar-refractivity contribution in [2.45, 2.75) is 59.0 Å². The third-order valence-electron chi connectivity index (χ3n) is 4.33. The van der Waals surface area contributed by atoms with Crippen LogP contribution in [0.25, 0.3) is 0 Å². The van der Waals surface area contributed by atoms with Crippen molar-refractivity contribution in [3.8, 4) is 0 Å². The van der Waals surface area contributed by atoms with E-state index in [2.05, 4.69) is 13.0 Å². The second-order valence-electron chi connectivity index (χ2n) is 5.96. The van der Waals surface area contributed by atoms with Crippen molar-refractivity contribution in [2.24, 2.45) is 5.92 Å². The van der Waals surface area contributed by atoms with E-state index in [0.29, 0.717) is 12.5 Å². The van der Waals surface area contributed by atoms with Gasteiger partial charge in [0.2, 0.25) is 0 Å². The molecular weight excluding hydrogens is 248 g/mol. The van der Waals surface area contributed by atoms with Gasteiger partial charge in [-0.25, -0.2) is 0 Å². The van der Waals surface area contributed by atoms with Crippen molar-refractivity contribution < 1.29 is 9.53 Å². The first-order chi connectivity index (χ1) is 9.63. The van der Waals surface area contributed by atoms with Gasteiger partial charge in [-0.2, -0.15) is 0 Å². The molecule has 0 N–H and O–H groups in total. The molecule has 0 amide bonds. The molecule has 0 saturated heterocycles. The number of hydrogen-bond acceptors (Lipinski definition) is 2. The minimum absolute atomic E-state index is 0.177. The van der Waals surface area contributed by atoms with Gasteiger partial charge in [-0.3, -0.25) is 4.79 Å². The number of hydrogen-bond donors (Lipinski definition) is 0. The molecule has 1 saturated carbocycles. The predicted octanol–water partition coefficient (Wildman–Crippen LogP) is 4.47. The average molecular weight is 274 g/mol. The lowest BCUT2D eigenvalue weighted by atomic mass is 9.82. The van der Waals surface area contributed by atoms with Crippen LogP contribution < -0.4 is 0 Å². The number of benzene rings is 1. The molecule has 0 spiro atoms. The van der Waals surface area contributed by atoms with Crippen molar-refractivity contribution >= 4 is 5.78 Å². The van der Waals surface area contributed by atoms with Crippen LogP contribution in [0.3, 0.4) is 0 Å². The van der Waals surface area contributed by atoms with Gasteiger partial charge in [-0.15, -0.1) is 0 Å². The Morgan fingerprint density at radius 2 is 1.95 bits per heavy atom. The lowest BCUT2D eigenvalue weighted by molar-refractivity contribution is 0.0126. The maximum Gasteiger partial charge on any atom is 0.192 e. The standard InChI is InChI=1S/C18H26O2/c1-4-20-18(15-8-6-5-7-9-15)17(19)16-11-10-13(2)12-14(16)3/h10-12,15,18H,4-9H2,1-3H3. The number of ketones is 1. The van der Waals surface area contributed by atoms with Crippen molar-refractivity contribution in [3.63, 3.8) is 0 Å². The molecule has 0 aromatic heterocycles. The van der Waals surface area contributed by atoms with Crippen LogP contribution in [0.4, 0.5) is 0 Å². The number of carbonyl (C=O) groups excluding carboxylic acids is 1. The molecule has 0 radical (unpaired) electrons. The van der Waals surface area contributed by atoms with Gasteiger partial charge in [0, 0.05) is 12.2 Å². The smallest absolute Gasteiger partial charge is 0.192 e. The molecule has 1 aliphatic carbocycles. The molecule has 0 heterocycles. The third kappa shape index (κ3) is 3.49. The van der Waals surface area contributed by atoms with Gasteiger partial charge >= 0.3 is 0 Å². The van der Waals surface area contributed by atoms with Crippen LogP contribution in [0.5, 0.6) is 0 Å². The Hall–Kier alpha value is -1.15. The first-order valence-electron chi connectivity index (χ1n) is 7.86. The summed E-state index contributed by atoms with van der Waals surface area (Å²) >= 11 is 0. The van der Waals surface area contributed by atoms with Crippen LogP contribution in [0.2, 0.25) is 0 Å². The Bertz CT molecular complexity index is 458. The summed E-state index contributed by atoms with van der Waals surface area (Å²) in [5.41, 5.74) is 3.10. The van der Waals surface area contributed by atoms with E-state index in [-0.39, 0.29) is 11.9 Å². The number of rotatable bonds is 5. The van der Waals surface area contributed by atoms with E-state index in [1.807, 2.05) is 26.0 Å². The molecule has 1 aromatic rings. The quantitative estimate of drug-likeness (QED) is 0.740. The van der Waals surface area contributed by atoms with Crippen LogP contribution in [-0.4, -0.2) is 18.5 Å². The largest absolute Gasteiger partial charge is 0.370 e. The zero-order chi connectivity index (χ0) is 14.5. The van der Waals surface area contributed by atoms with Gasteiger partial charge in [0.1, 0.15) is 6.10 Å². The summed E-state index contributed by atoms with van der Waals surface area (Å²) in [6.07, 6.45) is 5.76. The average Bonchev–Trinajstić information content (AvgIpc) is 2.45. The van der Waals surface area contributed by atoms with Crippen molar-refractivity contribution in [2.75, 3.05) is 6.61 Å². The zero-order valence-electron chi connectivity index (χ0n) is 12.9. The molecule has 1 atom stereocenters. The lowest BCUT2D eigenvalue weighted by Crippen LogP contribution is -2.34. The van der Waals surface area contributed by atoms with Gasteiger partial charge in [0.05, 0.1) is 0 Å². The van der Waals surface area contributed by atoms with Crippen molar-refractivity contribution in [1.82, 2.24) is 0 Å². The summed E-state index contributed by atoms with van der Waals surface area (Å²) in [5, 5.41) is 0. The van der Waals surface area contributed by atoms with Crippen LogP contribution in [0.15, 0.2) is 18.2 Å². The van der Waals surface area contributed by atoms with Gasteiger partial charge in [-0.05, 0) is 45.1 Å². The van der Waals surface area contributed by atoms with Crippen LogP contribution in [-0.2, 0) is 4.74 Å². The first kappa shape index (κ1) is 15.2. The van der Waals surface area contributed by atoms with E-state index in [0.717, 1.165) is 24.0 Å². The van der Waals surface area contributed by atoms with Gasteiger partial charge in [0.15, 0.2) is 5.78 Å². The molecule has 1 unspecified atom stereocenters. The second kappa shape index (κ2) is 7.03. The summed E-state index contributed by atoms with van der Waals surface area (Å²) in [6, 6.07) is 6.06. The molecule has 2 heteroatoms. The molecule has 20 heavy (non-hydrogen) atoms. The molecule has 1 aromatic carbocycles. The highest BCUT2D eigenvalue weighted by Crippen LogP contribution is 2.30. The molecule has 2 rings (SSSR count). The van der Waals surface area contributed by atoms with Crippen molar-refractivity contribution in [1.29, 1.82) is 0 Å². The fourth-order valence-electron chi connectivity index (χ4n) is 3.29. The lowest BCUT2D eigenvalue weighted by Gasteiger charge is -2.29. The molecule has 0 aliphatic heterocycles. The van der Waals surface area contributed by atoms with Gasteiger partial charge in [0.25, 0.3) is 0 Å². The Morgan fingerprint density at radius 1 is 1.25 bits per heavy atom. The van der Waals surface area contributed by atoms with Crippen LogP contribution in [0.1, 0.15) is 60.5 Å². The SMILES string of the molecule is CCOC(C(=O)c1ccc(C)cc1C)C1CCCCC1. The van der Waals surface area contributed by atoms with E-state index >= 15 is 0 Å². The van der Waals surface area contributed by atoms with Gasteiger partial charge < -0.3 is 4.74 Å². The minimum atomic E-state index is -0.248. The second-order valence-corrected chi connectivity index (χ2v) is 5.96. The fraction of sp³-hybridized carbons (Fsp3) is 0.611. The molecule has 110 valence electrons. The maximum atomic E-state index is 12.8. The Balaban J connectivity index is 2.21. The summed E-state index contributed by atoms with van der Waals surface area (Å²) in [5.74, 6) is 0.577. The Labute approximate surface area is 122 Å². The van der Waals surface area contributed by atoms with Crippen molar-refractivity contribution in [3.05, 3.63) is 34.9 Å². The molecule has 1 fully saturated rings. The molecule has 0 bridgehead atoms. The highest BCUT2D eigenvalue weighted by molar-refractivity contribution is 6.01. The number of ether oxygens (including phenoxy) is 1. The van der Waals surface area contributed by atoms with E-state index in [9.17, 15) is 4.79 Å². The number of aryl methyl sites for hydroxylation is 2.